The van der Waals surface area contributed by atoms with Crippen molar-refractivity contribution in [1.29, 1.82) is 0 Å². The molecule has 3 aromatic carbocycles. The lowest BCUT2D eigenvalue weighted by Crippen LogP contribution is -2.51. The molecule has 1 heterocycles. The molecule has 0 saturated carbocycles. The first kappa shape index (κ1) is 33.6. The average Bonchev–Trinajstić information content (AvgIpc) is 3.10. The first-order chi connectivity index (χ1) is 21.5. The maximum Gasteiger partial charge on any atom is 0.319 e. The van der Waals surface area contributed by atoms with Gasteiger partial charge in [-0.15, -0.1) is 0 Å². The molecule has 0 bridgehead atoms. The second-order valence-electron chi connectivity index (χ2n) is 12.4. The molecule has 10 heteroatoms. The van der Waals surface area contributed by atoms with E-state index in [1.54, 1.807) is 11.8 Å². The van der Waals surface area contributed by atoms with Gasteiger partial charge in [0.1, 0.15) is 6.04 Å². The highest BCUT2D eigenvalue weighted by atomic mass is 16.3. The molecule has 0 aromatic heterocycles. The quantitative estimate of drug-likeness (QED) is 0.181. The molecule has 4 amide bonds. The molecule has 3 atom stereocenters. The van der Waals surface area contributed by atoms with Gasteiger partial charge in [-0.25, -0.2) is 4.79 Å². The Morgan fingerprint density at radius 2 is 1.71 bits per heavy atom. The van der Waals surface area contributed by atoms with Gasteiger partial charge in [-0.05, 0) is 61.9 Å². The normalized spacial score (nSPS) is 17.2. The molecule has 240 valence electrons. The van der Waals surface area contributed by atoms with Crippen LogP contribution in [0.5, 0.6) is 0 Å². The molecular formula is C35H45N5O5. The highest BCUT2D eigenvalue weighted by molar-refractivity contribution is 6.01. The molecular weight excluding hydrogens is 570 g/mol. The predicted octanol–water partition coefficient (Wildman–Crippen LogP) is 4.13. The van der Waals surface area contributed by atoms with Crippen LogP contribution in [0.3, 0.4) is 0 Å². The van der Waals surface area contributed by atoms with E-state index in [1.807, 2.05) is 86.6 Å². The van der Waals surface area contributed by atoms with Crippen LogP contribution >= 0.6 is 0 Å². The summed E-state index contributed by atoms with van der Waals surface area (Å²) < 4.78 is 0. The minimum atomic E-state index is -0.693. The standard InChI is InChI=1S/C35H45N5O5/c1-23-19-30(38-32(43)20-35(3,4)37-21-24(2)42)33(44)40(31-12-8-6-9-27(23)31)22-25-13-15-26(16-14-25)28-10-5-7-11-29(28)39-34(45)36-17-18-41/h5-16,23-24,30,37,41-42H,17-22H2,1-4H3,(H,38,43)(H2,36,39,45)/t23?,24-,30?/m1/s1. The number of amides is 4. The van der Waals surface area contributed by atoms with Crippen LogP contribution < -0.4 is 26.2 Å². The fourth-order valence-electron chi connectivity index (χ4n) is 5.61. The lowest BCUT2D eigenvalue weighted by molar-refractivity contribution is -0.128. The highest BCUT2D eigenvalue weighted by Crippen LogP contribution is 2.36. The first-order valence-electron chi connectivity index (χ1n) is 15.4. The number of nitrogens with zero attached hydrogens (tertiary/aromatic N) is 1. The van der Waals surface area contributed by atoms with E-state index in [4.69, 9.17) is 5.11 Å². The maximum absolute atomic E-state index is 14.1. The van der Waals surface area contributed by atoms with Gasteiger partial charge in [-0.1, -0.05) is 67.6 Å². The van der Waals surface area contributed by atoms with E-state index >= 15 is 0 Å². The third-order valence-electron chi connectivity index (χ3n) is 7.90. The SMILES string of the molecule is CC1CC(NC(=O)CC(C)(C)NC[C@@H](C)O)C(=O)N(Cc2ccc(-c3ccccc3NC(=O)NCCO)cc2)c2ccccc21. The summed E-state index contributed by atoms with van der Waals surface area (Å²) >= 11 is 0. The molecule has 10 nitrogen and oxygen atoms in total. The Hall–Kier alpha value is -4.25. The summed E-state index contributed by atoms with van der Waals surface area (Å²) in [4.78, 5) is 41.2. The Balaban J connectivity index is 1.54. The van der Waals surface area contributed by atoms with E-state index in [0.29, 0.717) is 25.2 Å². The molecule has 4 rings (SSSR count). The number of urea groups is 1. The summed E-state index contributed by atoms with van der Waals surface area (Å²) in [5.41, 5.74) is 4.61. The minimum absolute atomic E-state index is 0.0442. The van der Waals surface area contributed by atoms with Gasteiger partial charge in [0.15, 0.2) is 0 Å². The van der Waals surface area contributed by atoms with Crippen molar-refractivity contribution in [3.8, 4) is 11.1 Å². The Kier molecular flexibility index (Phi) is 11.3. The van der Waals surface area contributed by atoms with Gasteiger partial charge in [0.25, 0.3) is 0 Å². The van der Waals surface area contributed by atoms with Crippen LogP contribution in [0.2, 0.25) is 0 Å². The van der Waals surface area contributed by atoms with E-state index in [-0.39, 0.29) is 37.3 Å². The molecule has 0 saturated heterocycles. The summed E-state index contributed by atoms with van der Waals surface area (Å²) in [5.74, 6) is -0.346. The third-order valence-corrected chi connectivity index (χ3v) is 7.90. The molecule has 0 radical (unpaired) electrons. The maximum atomic E-state index is 14.1. The number of aliphatic hydroxyl groups is 2. The number of fused-ring (bicyclic) bond motifs is 1. The number of carbonyl (C=O) groups is 3. The van der Waals surface area contributed by atoms with Crippen molar-refractivity contribution in [2.75, 3.05) is 29.9 Å². The molecule has 0 fully saturated rings. The molecule has 3 aromatic rings. The number of nitrogens with one attached hydrogen (secondary N) is 4. The fraction of sp³-hybridized carbons (Fsp3) is 0.400. The number of aliphatic hydroxyl groups excluding tert-OH is 2. The van der Waals surface area contributed by atoms with E-state index in [1.165, 1.54) is 0 Å². The van der Waals surface area contributed by atoms with E-state index in [9.17, 15) is 19.5 Å². The van der Waals surface area contributed by atoms with E-state index in [2.05, 4.69) is 28.2 Å². The number of carbonyl (C=O) groups excluding carboxylic acids is 3. The summed E-state index contributed by atoms with van der Waals surface area (Å²) in [6.45, 7) is 8.26. The van der Waals surface area contributed by atoms with Gasteiger partial charge in [0.2, 0.25) is 11.8 Å². The van der Waals surface area contributed by atoms with Crippen LogP contribution in [0.4, 0.5) is 16.2 Å². The van der Waals surface area contributed by atoms with Crippen molar-refractivity contribution in [2.24, 2.45) is 0 Å². The summed E-state index contributed by atoms with van der Waals surface area (Å²) in [7, 11) is 0. The second kappa shape index (κ2) is 15.2. The Bertz CT molecular complexity index is 1470. The van der Waals surface area contributed by atoms with Crippen molar-refractivity contribution in [3.05, 3.63) is 83.9 Å². The van der Waals surface area contributed by atoms with Gasteiger partial charge >= 0.3 is 6.03 Å². The third kappa shape index (κ3) is 9.13. The molecule has 6 N–H and O–H groups in total. The van der Waals surface area contributed by atoms with Crippen LogP contribution in [-0.4, -0.2) is 65.4 Å². The summed E-state index contributed by atoms with van der Waals surface area (Å²) in [5, 5.41) is 30.3. The van der Waals surface area contributed by atoms with Gasteiger partial charge < -0.3 is 36.4 Å². The smallest absolute Gasteiger partial charge is 0.319 e. The summed E-state index contributed by atoms with van der Waals surface area (Å²) in [6, 6.07) is 22.1. The van der Waals surface area contributed by atoms with Crippen LogP contribution in [0, 0.1) is 0 Å². The molecule has 1 aliphatic heterocycles. The van der Waals surface area contributed by atoms with E-state index in [0.717, 1.165) is 27.9 Å². The Morgan fingerprint density at radius 1 is 1.02 bits per heavy atom. The largest absolute Gasteiger partial charge is 0.395 e. The number of hydrogen-bond donors (Lipinski definition) is 6. The highest BCUT2D eigenvalue weighted by Gasteiger charge is 2.35. The topological polar surface area (TPSA) is 143 Å². The van der Waals surface area contributed by atoms with Gasteiger partial charge in [0.05, 0.1) is 24.9 Å². The summed E-state index contributed by atoms with van der Waals surface area (Å²) in [6.07, 6.45) is 0.105. The van der Waals surface area contributed by atoms with Crippen LogP contribution in [0.1, 0.15) is 57.6 Å². The first-order valence-corrected chi connectivity index (χ1v) is 15.4. The van der Waals surface area contributed by atoms with Crippen LogP contribution in [0.15, 0.2) is 72.8 Å². The number of anilines is 2. The van der Waals surface area contributed by atoms with Gasteiger partial charge in [-0.2, -0.15) is 0 Å². The van der Waals surface area contributed by atoms with Crippen molar-refractivity contribution in [1.82, 2.24) is 16.0 Å². The zero-order valence-electron chi connectivity index (χ0n) is 26.5. The lowest BCUT2D eigenvalue weighted by Gasteiger charge is -2.29. The molecule has 1 aliphatic rings. The zero-order valence-corrected chi connectivity index (χ0v) is 26.5. The van der Waals surface area contributed by atoms with E-state index < -0.39 is 23.7 Å². The monoisotopic (exact) mass is 615 g/mol. The molecule has 0 spiro atoms. The predicted molar refractivity (Wildman–Crippen MR) is 177 cm³/mol. The zero-order chi connectivity index (χ0) is 32.6. The Labute approximate surface area is 265 Å². The Morgan fingerprint density at radius 3 is 2.42 bits per heavy atom. The number of rotatable bonds is 12. The second-order valence-corrected chi connectivity index (χ2v) is 12.4. The minimum Gasteiger partial charge on any atom is -0.395 e. The molecule has 45 heavy (non-hydrogen) atoms. The van der Waals surface area contributed by atoms with Crippen LogP contribution in [0.25, 0.3) is 11.1 Å². The van der Waals surface area contributed by atoms with Crippen LogP contribution in [-0.2, 0) is 16.1 Å². The van der Waals surface area contributed by atoms with Crippen molar-refractivity contribution >= 4 is 29.2 Å². The van der Waals surface area contributed by atoms with Gasteiger partial charge in [0, 0.05) is 36.3 Å². The van der Waals surface area contributed by atoms with Crippen molar-refractivity contribution in [2.45, 2.75) is 70.7 Å². The average molecular weight is 616 g/mol. The number of para-hydroxylation sites is 2. The van der Waals surface area contributed by atoms with Gasteiger partial charge in [-0.3, -0.25) is 9.59 Å². The molecule has 2 unspecified atom stereocenters. The number of hydrogen-bond acceptors (Lipinski definition) is 6. The van der Waals surface area contributed by atoms with Crippen molar-refractivity contribution in [3.63, 3.8) is 0 Å². The lowest BCUT2D eigenvalue weighted by atomic mass is 9.93. The number of benzene rings is 3. The number of β-amino-alcohol motifs (C(OH)–C–C–N with tert-alkyl or cyclic N) is 1. The fourth-order valence-corrected chi connectivity index (χ4v) is 5.61. The molecule has 0 aliphatic carbocycles. The van der Waals surface area contributed by atoms with Crippen molar-refractivity contribution < 1.29 is 24.6 Å².